The molecule has 1 saturated carbocycles. The van der Waals surface area contributed by atoms with Crippen molar-refractivity contribution in [1.29, 1.82) is 0 Å². The number of hydrogen-bond donors (Lipinski definition) is 6. The summed E-state index contributed by atoms with van der Waals surface area (Å²) in [6.07, 6.45) is 0.249. The maximum Gasteiger partial charge on any atom is 0.255 e. The first-order valence-corrected chi connectivity index (χ1v) is 14.8. The van der Waals surface area contributed by atoms with Gasteiger partial charge in [0.2, 0.25) is 5.78 Å². The highest BCUT2D eigenvalue weighted by Gasteiger charge is 2.64. The molecule has 1 fully saturated rings. The van der Waals surface area contributed by atoms with Crippen molar-refractivity contribution in [3.8, 4) is 16.9 Å². The largest absolute Gasteiger partial charge is 0.508 e. The summed E-state index contributed by atoms with van der Waals surface area (Å²) in [6, 6.07) is 20.0. The minimum atomic E-state index is -2.67. The Morgan fingerprint density at radius 3 is 2.36 bits per heavy atom. The van der Waals surface area contributed by atoms with E-state index in [1.165, 1.54) is 16.5 Å². The zero-order valence-electron chi connectivity index (χ0n) is 24.9. The van der Waals surface area contributed by atoms with Gasteiger partial charge in [-0.25, -0.2) is 0 Å². The number of carbonyl (C=O) groups excluding carboxylic acids is 3. The number of ketones is 2. The molecule has 0 spiro atoms. The van der Waals surface area contributed by atoms with Gasteiger partial charge >= 0.3 is 0 Å². The summed E-state index contributed by atoms with van der Waals surface area (Å²) < 4.78 is 0. The van der Waals surface area contributed by atoms with Gasteiger partial charge in [-0.05, 0) is 72.8 Å². The Balaban J connectivity index is 1.40. The highest BCUT2D eigenvalue weighted by atomic mass is 16.3. The number of benzene rings is 3. The molecule has 6 rings (SSSR count). The molecule has 0 aliphatic heterocycles. The van der Waals surface area contributed by atoms with E-state index in [1.54, 1.807) is 20.2 Å². The van der Waals surface area contributed by atoms with Gasteiger partial charge in [0.15, 0.2) is 11.4 Å². The number of aliphatic hydroxyl groups excluding tert-OH is 2. The molecule has 0 aromatic heterocycles. The predicted molar refractivity (Wildman–Crippen MR) is 167 cm³/mol. The summed E-state index contributed by atoms with van der Waals surface area (Å²) >= 11 is 0. The number of phenolic OH excluding ortho intramolecular Hbond substituents is 1. The lowest BCUT2D eigenvalue weighted by Crippen LogP contribution is -2.65. The van der Waals surface area contributed by atoms with E-state index in [-0.39, 0.29) is 29.7 Å². The summed E-state index contributed by atoms with van der Waals surface area (Å²) in [5.74, 6) is -6.71. The molecule has 0 heterocycles. The van der Waals surface area contributed by atoms with Gasteiger partial charge in [-0.3, -0.25) is 19.3 Å². The highest BCUT2D eigenvalue weighted by molar-refractivity contribution is 6.24. The molecule has 7 N–H and O–H groups in total. The predicted octanol–water partition coefficient (Wildman–Crippen LogP) is 2.92. The van der Waals surface area contributed by atoms with Crippen LogP contribution in [0.1, 0.15) is 28.7 Å². The van der Waals surface area contributed by atoms with Crippen molar-refractivity contribution in [3.63, 3.8) is 0 Å². The van der Waals surface area contributed by atoms with Crippen molar-refractivity contribution in [1.82, 2.24) is 10.2 Å². The van der Waals surface area contributed by atoms with E-state index in [0.717, 1.165) is 16.7 Å². The number of aliphatic hydroxyl groups is 3. The minimum Gasteiger partial charge on any atom is -0.508 e. The van der Waals surface area contributed by atoms with Crippen molar-refractivity contribution in [3.05, 3.63) is 106 Å². The number of likely N-dealkylation sites (N-methyl/N-ethyl adjacent to an activating group) is 1. The van der Waals surface area contributed by atoms with E-state index in [1.807, 2.05) is 42.5 Å². The lowest BCUT2D eigenvalue weighted by atomic mass is 9.57. The van der Waals surface area contributed by atoms with Crippen molar-refractivity contribution >= 4 is 23.2 Å². The van der Waals surface area contributed by atoms with E-state index in [4.69, 9.17) is 5.73 Å². The van der Waals surface area contributed by atoms with Gasteiger partial charge in [-0.2, -0.15) is 0 Å². The second-order valence-corrected chi connectivity index (χ2v) is 12.2. The molecule has 3 aromatic carbocycles. The number of carbonyl (C=O) groups is 3. The molecular formula is C35H35N3O7. The van der Waals surface area contributed by atoms with Gasteiger partial charge in [0.05, 0.1) is 11.6 Å². The van der Waals surface area contributed by atoms with E-state index in [0.29, 0.717) is 18.7 Å². The first-order chi connectivity index (χ1) is 21.4. The Bertz CT molecular complexity index is 1800. The topological polar surface area (TPSA) is 173 Å². The molecule has 0 bridgehead atoms. The normalized spacial score (nSPS) is 24.4. The highest BCUT2D eigenvalue weighted by Crippen LogP contribution is 2.53. The molecule has 10 nitrogen and oxygen atoms in total. The molecule has 0 radical (unpaired) electrons. The van der Waals surface area contributed by atoms with Crippen LogP contribution in [0.3, 0.4) is 0 Å². The standard InChI is InChI=1S/C35H35N3O7/c1-38(2)29-24-15-21-14-23-22(20-10-6-9-19(13-20)17-37-16-18-7-4-3-5-8-18)11-12-25(39)27(23)30(40)26(21)32(42)35(24,45)33(43)28(31(29)41)34(36)44/h3-13,21,24,29,37,39-40,43,45H,14-17H2,1-2H3,(H2,36,44)/t21-,24-,29+,35-/m0/s1. The molecule has 10 heteroatoms. The van der Waals surface area contributed by atoms with Crippen LogP contribution in [0.4, 0.5) is 0 Å². The quantitative estimate of drug-likeness (QED) is 0.220. The molecule has 3 aliphatic rings. The fraction of sp³-hybridized carbons (Fsp3) is 0.286. The van der Waals surface area contributed by atoms with Crippen LogP contribution < -0.4 is 11.1 Å². The zero-order chi connectivity index (χ0) is 32.2. The Kier molecular flexibility index (Phi) is 7.60. The fourth-order valence-electron chi connectivity index (χ4n) is 7.31. The number of primary amides is 1. The van der Waals surface area contributed by atoms with Gasteiger partial charge in [0.1, 0.15) is 22.8 Å². The summed E-state index contributed by atoms with van der Waals surface area (Å²) in [4.78, 5) is 41.1. The minimum absolute atomic E-state index is 0.0320. The van der Waals surface area contributed by atoms with Gasteiger partial charge in [0.25, 0.3) is 5.91 Å². The zero-order valence-corrected chi connectivity index (χ0v) is 24.9. The number of nitrogens with one attached hydrogen (secondary N) is 1. The molecule has 3 aliphatic carbocycles. The van der Waals surface area contributed by atoms with Crippen molar-refractivity contribution in [2.24, 2.45) is 17.6 Å². The number of aromatic hydroxyl groups is 1. The number of amides is 1. The van der Waals surface area contributed by atoms with E-state index < -0.39 is 58.0 Å². The van der Waals surface area contributed by atoms with Gasteiger partial charge in [-0.15, -0.1) is 0 Å². The van der Waals surface area contributed by atoms with Gasteiger partial charge < -0.3 is 31.5 Å². The molecule has 1 amide bonds. The molecule has 4 atom stereocenters. The van der Waals surface area contributed by atoms with E-state index >= 15 is 0 Å². The molecule has 3 aromatic rings. The first-order valence-electron chi connectivity index (χ1n) is 14.8. The fourth-order valence-corrected chi connectivity index (χ4v) is 7.31. The number of rotatable bonds is 7. The monoisotopic (exact) mass is 609 g/mol. The number of hydrogen-bond acceptors (Lipinski definition) is 9. The average molecular weight is 610 g/mol. The second-order valence-electron chi connectivity index (χ2n) is 12.2. The number of Topliss-reactive ketones (excluding diaryl/α,β-unsaturated/α-hetero) is 2. The Hall–Kier alpha value is -4.77. The van der Waals surface area contributed by atoms with Crippen molar-refractivity contribution in [2.45, 2.75) is 37.6 Å². The van der Waals surface area contributed by atoms with Gasteiger partial charge in [-0.1, -0.05) is 54.6 Å². The third-order valence-corrected chi connectivity index (χ3v) is 9.34. The average Bonchev–Trinajstić information content (AvgIpc) is 2.99. The Labute approximate surface area is 260 Å². The summed E-state index contributed by atoms with van der Waals surface area (Å²) in [6.45, 7) is 1.31. The van der Waals surface area contributed by atoms with Crippen LogP contribution in [-0.4, -0.2) is 68.5 Å². The Morgan fingerprint density at radius 1 is 0.978 bits per heavy atom. The summed E-state index contributed by atoms with van der Waals surface area (Å²) in [5, 5.41) is 48.7. The number of fused-ring (bicyclic) bond motifs is 3. The molecule has 0 unspecified atom stereocenters. The van der Waals surface area contributed by atoms with Gasteiger partial charge in [0, 0.05) is 24.6 Å². The summed E-state index contributed by atoms with van der Waals surface area (Å²) in [5.41, 5.74) is 6.22. The van der Waals surface area contributed by atoms with Crippen LogP contribution in [0, 0.1) is 11.8 Å². The van der Waals surface area contributed by atoms with Crippen LogP contribution in [0.5, 0.6) is 5.75 Å². The van der Waals surface area contributed by atoms with Crippen LogP contribution >= 0.6 is 0 Å². The Morgan fingerprint density at radius 2 is 1.67 bits per heavy atom. The van der Waals surface area contributed by atoms with Crippen molar-refractivity contribution in [2.75, 3.05) is 14.1 Å². The summed E-state index contributed by atoms with van der Waals surface area (Å²) in [7, 11) is 3.15. The third-order valence-electron chi connectivity index (χ3n) is 9.34. The molecular weight excluding hydrogens is 574 g/mol. The SMILES string of the molecule is CN(C)[C@H]1C(=O)C(C(N)=O)=C(O)[C@@]2(O)C(=O)C3=C(O)c4c(O)ccc(-c5cccc(CNCc6ccccc6)c5)c4C[C@H]3C[C@@H]12. The first kappa shape index (κ1) is 30.3. The molecule has 232 valence electrons. The number of nitrogens with two attached hydrogens (primary N) is 1. The third kappa shape index (κ3) is 4.82. The van der Waals surface area contributed by atoms with Crippen LogP contribution in [0.25, 0.3) is 16.9 Å². The molecule has 0 saturated heterocycles. The molecule has 45 heavy (non-hydrogen) atoms. The van der Waals surface area contributed by atoms with Crippen molar-refractivity contribution < 1.29 is 34.8 Å². The lowest BCUT2D eigenvalue weighted by Gasteiger charge is -2.50. The maximum atomic E-state index is 14.1. The number of phenols is 1. The maximum absolute atomic E-state index is 14.1. The van der Waals surface area contributed by atoms with Crippen LogP contribution in [0.2, 0.25) is 0 Å². The van der Waals surface area contributed by atoms with E-state index in [2.05, 4.69) is 17.4 Å². The van der Waals surface area contributed by atoms with Crippen LogP contribution in [-0.2, 0) is 33.9 Å². The second kappa shape index (κ2) is 11.3. The van der Waals surface area contributed by atoms with E-state index in [9.17, 15) is 34.8 Å². The lowest BCUT2D eigenvalue weighted by molar-refractivity contribution is -0.153. The van der Waals surface area contributed by atoms with Crippen LogP contribution in [0.15, 0.2) is 83.6 Å². The number of nitrogens with zero attached hydrogens (tertiary/aromatic N) is 1. The smallest absolute Gasteiger partial charge is 0.255 e.